The minimum absolute atomic E-state index is 0.528. The van der Waals surface area contributed by atoms with Crippen molar-refractivity contribution >= 4 is 16.6 Å². The van der Waals surface area contributed by atoms with Gasteiger partial charge in [-0.2, -0.15) is 0 Å². The maximum atomic E-state index is 5.54. The Morgan fingerprint density at radius 3 is 2.81 bits per heavy atom. The molecule has 3 heterocycles. The van der Waals surface area contributed by atoms with Gasteiger partial charge >= 0.3 is 0 Å². The van der Waals surface area contributed by atoms with Gasteiger partial charge in [-0.15, -0.1) is 0 Å². The highest BCUT2D eigenvalue weighted by Crippen LogP contribution is 2.34. The number of nitrogens with zero attached hydrogens (tertiary/aromatic N) is 1. The van der Waals surface area contributed by atoms with E-state index in [0.29, 0.717) is 12.0 Å². The molecule has 2 aromatic rings. The van der Waals surface area contributed by atoms with Crippen LogP contribution in [0.4, 0.5) is 5.69 Å². The molecular weight excluding hydrogens is 262 g/mol. The monoisotopic (exact) mass is 285 g/mol. The molecule has 2 fully saturated rings. The largest absolute Gasteiger partial charge is 0.381 e. The van der Waals surface area contributed by atoms with Crippen LogP contribution in [-0.4, -0.2) is 44.4 Å². The average molecular weight is 285 g/mol. The molecule has 0 bridgehead atoms. The van der Waals surface area contributed by atoms with Gasteiger partial charge in [0.15, 0.2) is 0 Å². The summed E-state index contributed by atoms with van der Waals surface area (Å²) in [5.41, 5.74) is 5.27. The molecule has 1 aromatic carbocycles. The summed E-state index contributed by atoms with van der Waals surface area (Å²) in [6.07, 6.45) is 1.13. The zero-order valence-corrected chi connectivity index (χ0v) is 12.8. The van der Waals surface area contributed by atoms with Crippen LogP contribution in [0.5, 0.6) is 0 Å². The minimum atomic E-state index is 0.528. The molecule has 0 radical (unpaired) electrons. The highest BCUT2D eigenvalue weighted by molar-refractivity contribution is 5.95. The molecule has 4 nitrogen and oxygen atoms in total. The standard InChI is InChI=1S/C17H23N3O/c1-11-3-4-16(20(2)13-8-18-9-13)14-7-15(19-17(11)14)12-5-6-21-10-12/h3-4,7,12-13,18-19H,5-6,8-10H2,1-2H3. The molecule has 2 saturated heterocycles. The second-order valence-corrected chi connectivity index (χ2v) is 6.40. The fourth-order valence-corrected chi connectivity index (χ4v) is 3.42. The number of likely N-dealkylation sites (N-methyl/N-ethyl adjacent to an activating group) is 1. The van der Waals surface area contributed by atoms with Gasteiger partial charge in [0.25, 0.3) is 0 Å². The van der Waals surface area contributed by atoms with E-state index in [1.54, 1.807) is 0 Å². The summed E-state index contributed by atoms with van der Waals surface area (Å²) in [6, 6.07) is 7.45. The van der Waals surface area contributed by atoms with Gasteiger partial charge in [-0.1, -0.05) is 6.07 Å². The van der Waals surface area contributed by atoms with Crippen molar-refractivity contribution in [3.8, 4) is 0 Å². The Balaban J connectivity index is 1.78. The van der Waals surface area contributed by atoms with Crippen LogP contribution in [0.2, 0.25) is 0 Å². The van der Waals surface area contributed by atoms with Crippen molar-refractivity contribution in [2.75, 3.05) is 38.3 Å². The zero-order chi connectivity index (χ0) is 14.4. The molecule has 4 rings (SSSR count). The molecule has 1 aromatic heterocycles. The molecule has 0 aliphatic carbocycles. The lowest BCUT2D eigenvalue weighted by Crippen LogP contribution is -2.56. The van der Waals surface area contributed by atoms with Crippen LogP contribution in [0.15, 0.2) is 18.2 Å². The molecular formula is C17H23N3O. The van der Waals surface area contributed by atoms with Crippen LogP contribution in [0, 0.1) is 6.92 Å². The maximum Gasteiger partial charge on any atom is 0.0549 e. The number of hydrogen-bond donors (Lipinski definition) is 2. The summed E-state index contributed by atoms with van der Waals surface area (Å²) in [5.74, 6) is 0.528. The molecule has 0 saturated carbocycles. The number of hydrogen-bond acceptors (Lipinski definition) is 3. The van der Waals surface area contributed by atoms with Crippen molar-refractivity contribution in [1.29, 1.82) is 0 Å². The van der Waals surface area contributed by atoms with Gasteiger partial charge in [-0.05, 0) is 31.0 Å². The summed E-state index contributed by atoms with van der Waals surface area (Å²) in [6.45, 7) is 6.09. The van der Waals surface area contributed by atoms with Gasteiger partial charge in [-0.3, -0.25) is 0 Å². The van der Waals surface area contributed by atoms with Crippen LogP contribution in [0.25, 0.3) is 10.9 Å². The smallest absolute Gasteiger partial charge is 0.0549 e. The molecule has 21 heavy (non-hydrogen) atoms. The Morgan fingerprint density at radius 2 is 2.14 bits per heavy atom. The van der Waals surface area contributed by atoms with Crippen LogP contribution in [0.1, 0.15) is 23.6 Å². The van der Waals surface area contributed by atoms with Crippen molar-refractivity contribution in [2.45, 2.75) is 25.3 Å². The second-order valence-electron chi connectivity index (χ2n) is 6.40. The predicted octanol–water partition coefficient (Wildman–Crippen LogP) is 2.39. The van der Waals surface area contributed by atoms with Gasteiger partial charge in [0, 0.05) is 49.4 Å². The van der Waals surface area contributed by atoms with Crippen molar-refractivity contribution in [3.05, 3.63) is 29.5 Å². The van der Waals surface area contributed by atoms with Crippen molar-refractivity contribution in [1.82, 2.24) is 10.3 Å². The summed E-state index contributed by atoms with van der Waals surface area (Å²) >= 11 is 0. The normalized spacial score (nSPS) is 22.7. The molecule has 1 unspecified atom stereocenters. The van der Waals surface area contributed by atoms with E-state index < -0.39 is 0 Å². The third-order valence-corrected chi connectivity index (χ3v) is 5.06. The summed E-state index contributed by atoms with van der Waals surface area (Å²) < 4.78 is 5.54. The van der Waals surface area contributed by atoms with Crippen molar-refractivity contribution < 1.29 is 4.74 Å². The molecule has 0 spiro atoms. The van der Waals surface area contributed by atoms with Crippen LogP contribution >= 0.6 is 0 Å². The Labute approximate surface area is 125 Å². The number of aryl methyl sites for hydroxylation is 1. The number of aromatic amines is 1. The van der Waals surface area contributed by atoms with E-state index in [4.69, 9.17) is 4.74 Å². The lowest BCUT2D eigenvalue weighted by atomic mass is 10.0. The quantitative estimate of drug-likeness (QED) is 0.909. The van der Waals surface area contributed by atoms with E-state index in [0.717, 1.165) is 32.7 Å². The highest BCUT2D eigenvalue weighted by Gasteiger charge is 2.25. The van der Waals surface area contributed by atoms with E-state index in [2.05, 4.69) is 47.4 Å². The summed E-state index contributed by atoms with van der Waals surface area (Å²) in [7, 11) is 2.21. The molecule has 2 aliphatic heterocycles. The first-order valence-electron chi connectivity index (χ1n) is 7.87. The fraction of sp³-hybridized carbons (Fsp3) is 0.529. The van der Waals surface area contributed by atoms with Crippen LogP contribution in [-0.2, 0) is 4.74 Å². The first-order chi connectivity index (χ1) is 10.2. The lowest BCUT2D eigenvalue weighted by molar-refractivity contribution is 0.193. The molecule has 2 N–H and O–H groups in total. The number of aromatic nitrogens is 1. The predicted molar refractivity (Wildman–Crippen MR) is 86.3 cm³/mol. The Hall–Kier alpha value is -1.52. The number of nitrogens with one attached hydrogen (secondary N) is 2. The first-order valence-corrected chi connectivity index (χ1v) is 7.87. The van der Waals surface area contributed by atoms with E-state index in [1.807, 2.05) is 0 Å². The molecule has 4 heteroatoms. The van der Waals surface area contributed by atoms with Crippen molar-refractivity contribution in [3.63, 3.8) is 0 Å². The number of ether oxygens (including phenoxy) is 1. The van der Waals surface area contributed by atoms with E-state index in [1.165, 1.54) is 27.8 Å². The summed E-state index contributed by atoms with van der Waals surface area (Å²) in [5, 5.41) is 4.71. The fourth-order valence-electron chi connectivity index (χ4n) is 3.42. The van der Waals surface area contributed by atoms with Gasteiger partial charge in [0.2, 0.25) is 0 Å². The maximum absolute atomic E-state index is 5.54. The SMILES string of the molecule is Cc1ccc(N(C)C2CNC2)c2cc(C3CCOC3)[nH]c12. The molecule has 0 amide bonds. The Kier molecular flexibility index (Phi) is 3.16. The third kappa shape index (κ3) is 2.14. The minimum Gasteiger partial charge on any atom is -0.381 e. The second kappa shape index (κ2) is 5.04. The molecule has 2 aliphatic rings. The van der Waals surface area contributed by atoms with Crippen LogP contribution in [0.3, 0.4) is 0 Å². The van der Waals surface area contributed by atoms with Gasteiger partial charge in [0.05, 0.1) is 18.2 Å². The number of anilines is 1. The van der Waals surface area contributed by atoms with Crippen LogP contribution < -0.4 is 10.2 Å². The van der Waals surface area contributed by atoms with Crippen molar-refractivity contribution in [2.24, 2.45) is 0 Å². The highest BCUT2D eigenvalue weighted by atomic mass is 16.5. The van der Waals surface area contributed by atoms with E-state index in [-0.39, 0.29) is 0 Å². The van der Waals surface area contributed by atoms with Gasteiger partial charge in [-0.25, -0.2) is 0 Å². The number of benzene rings is 1. The Morgan fingerprint density at radius 1 is 1.29 bits per heavy atom. The van der Waals surface area contributed by atoms with Gasteiger partial charge < -0.3 is 19.9 Å². The number of H-pyrrole nitrogens is 1. The van der Waals surface area contributed by atoms with E-state index in [9.17, 15) is 0 Å². The van der Waals surface area contributed by atoms with Gasteiger partial charge in [0.1, 0.15) is 0 Å². The number of fused-ring (bicyclic) bond motifs is 1. The average Bonchev–Trinajstić information content (AvgIpc) is 3.06. The summed E-state index contributed by atoms with van der Waals surface area (Å²) in [4.78, 5) is 6.07. The third-order valence-electron chi connectivity index (χ3n) is 5.06. The van der Waals surface area contributed by atoms with E-state index >= 15 is 0 Å². The Bertz CT molecular complexity index is 653. The molecule has 1 atom stereocenters. The molecule has 112 valence electrons. The zero-order valence-electron chi connectivity index (χ0n) is 12.8. The topological polar surface area (TPSA) is 40.3 Å². The number of rotatable bonds is 3. The first kappa shape index (κ1) is 13.2. The lowest BCUT2D eigenvalue weighted by Gasteiger charge is -2.37.